The topological polar surface area (TPSA) is 169 Å². The number of aliphatic hydroxyl groups is 2. The van der Waals surface area contributed by atoms with Crippen molar-refractivity contribution in [1.29, 1.82) is 0 Å². The largest absolute Gasteiger partial charge is 0.497 e. The maximum Gasteiger partial charge on any atom is 0.330 e. The fourth-order valence-corrected chi connectivity index (χ4v) is 3.32. The molecule has 168 valence electrons. The first-order chi connectivity index (χ1) is 15.4. The molecule has 1 fully saturated rings. The van der Waals surface area contributed by atoms with Crippen molar-refractivity contribution in [3.05, 3.63) is 69.1 Å². The van der Waals surface area contributed by atoms with Gasteiger partial charge in [0.1, 0.15) is 23.7 Å². The van der Waals surface area contributed by atoms with Crippen LogP contribution in [0.3, 0.4) is 0 Å². The Hall–Kier alpha value is -3.74. The summed E-state index contributed by atoms with van der Waals surface area (Å²) in [5.74, 6) is 0.400. The summed E-state index contributed by atoms with van der Waals surface area (Å²) in [6.07, 6.45) is -4.85. The number of aromatic amines is 1. The molecule has 0 unspecified atom stereocenters. The molecule has 12 heteroatoms. The van der Waals surface area contributed by atoms with Crippen molar-refractivity contribution in [3.8, 4) is 17.1 Å². The van der Waals surface area contributed by atoms with Gasteiger partial charge in [-0.25, -0.2) is 4.79 Å². The minimum absolute atomic E-state index is 0.0295. The Labute approximate surface area is 180 Å². The number of ether oxygens (including phenoxy) is 2. The third-order valence-electron chi connectivity index (χ3n) is 4.98. The number of H-pyrrole nitrogens is 1. The molecule has 4 N–H and O–H groups in total. The Morgan fingerprint density at radius 1 is 1.25 bits per heavy atom. The van der Waals surface area contributed by atoms with E-state index in [1.807, 2.05) is 11.1 Å². The summed E-state index contributed by atoms with van der Waals surface area (Å²) in [5, 5.41) is 26.9. The lowest BCUT2D eigenvalue weighted by atomic mass is 10.1. The van der Waals surface area contributed by atoms with Crippen molar-refractivity contribution in [2.75, 3.05) is 7.11 Å². The van der Waals surface area contributed by atoms with Crippen molar-refractivity contribution in [2.24, 2.45) is 0 Å². The Morgan fingerprint density at radius 2 is 2.06 bits per heavy atom. The molecule has 0 bridgehead atoms. The minimum Gasteiger partial charge on any atom is -0.497 e. The number of hydrogen-bond donors (Lipinski definition) is 4. The highest BCUT2D eigenvalue weighted by Gasteiger charge is 2.47. The van der Waals surface area contributed by atoms with Crippen LogP contribution in [0.1, 0.15) is 11.9 Å². The van der Waals surface area contributed by atoms with Gasteiger partial charge in [0.2, 0.25) is 0 Å². The molecule has 1 aliphatic rings. The predicted molar refractivity (Wildman–Crippen MR) is 108 cm³/mol. The van der Waals surface area contributed by atoms with E-state index in [0.29, 0.717) is 17.2 Å². The maximum absolute atomic E-state index is 12.5. The second-order valence-corrected chi connectivity index (χ2v) is 7.08. The number of hydrogen-bond acceptors (Lipinski definition) is 9. The highest BCUT2D eigenvalue weighted by atomic mass is 16.6. The van der Waals surface area contributed by atoms with Crippen LogP contribution in [0.5, 0.6) is 5.75 Å². The van der Waals surface area contributed by atoms with Gasteiger partial charge in [-0.05, 0) is 12.1 Å². The smallest absolute Gasteiger partial charge is 0.330 e. The minimum atomic E-state index is -1.59. The average Bonchev–Trinajstić information content (AvgIpc) is 3.38. The molecular weight excluding hydrogens is 424 g/mol. The van der Waals surface area contributed by atoms with Crippen molar-refractivity contribution in [3.63, 3.8) is 0 Å². The molecule has 0 spiro atoms. The molecule has 12 nitrogen and oxygen atoms in total. The summed E-state index contributed by atoms with van der Waals surface area (Å²) >= 11 is 0. The zero-order valence-electron chi connectivity index (χ0n) is 16.8. The number of rotatable bonds is 6. The van der Waals surface area contributed by atoms with E-state index in [2.05, 4.69) is 10.5 Å². The van der Waals surface area contributed by atoms with Gasteiger partial charge in [0.25, 0.3) is 11.5 Å². The second-order valence-electron chi connectivity index (χ2n) is 7.08. The van der Waals surface area contributed by atoms with Crippen molar-refractivity contribution < 1.29 is 29.0 Å². The Balaban J connectivity index is 1.41. The fourth-order valence-electron chi connectivity index (χ4n) is 3.32. The fraction of sp³-hybridized carbons (Fsp3) is 0.300. The lowest BCUT2D eigenvalue weighted by Gasteiger charge is -2.16. The van der Waals surface area contributed by atoms with Crippen molar-refractivity contribution in [1.82, 2.24) is 20.0 Å². The van der Waals surface area contributed by atoms with Gasteiger partial charge < -0.3 is 29.5 Å². The van der Waals surface area contributed by atoms with Crippen LogP contribution in [0.4, 0.5) is 0 Å². The molecule has 1 aliphatic heterocycles. The molecular formula is C20H20N4O8. The van der Waals surface area contributed by atoms with Crippen molar-refractivity contribution >= 4 is 5.91 Å². The number of carbonyl (C=O) groups is 1. The molecule has 0 radical (unpaired) electrons. The molecule has 1 amide bonds. The van der Waals surface area contributed by atoms with Crippen LogP contribution in [-0.2, 0) is 16.1 Å². The number of amides is 1. The van der Waals surface area contributed by atoms with Gasteiger partial charge in [-0.1, -0.05) is 17.3 Å². The lowest BCUT2D eigenvalue weighted by molar-refractivity contribution is -0.138. The number of nitrogens with one attached hydrogen (secondary N) is 2. The van der Waals surface area contributed by atoms with Crippen LogP contribution in [0.25, 0.3) is 11.3 Å². The van der Waals surface area contributed by atoms with Crippen LogP contribution >= 0.6 is 0 Å². The highest BCUT2D eigenvalue weighted by molar-refractivity contribution is 5.81. The summed E-state index contributed by atoms with van der Waals surface area (Å²) in [5.41, 5.74) is -0.323. The summed E-state index contributed by atoms with van der Waals surface area (Å²) in [6, 6.07) is 9.86. The van der Waals surface area contributed by atoms with Crippen LogP contribution < -0.4 is 21.3 Å². The van der Waals surface area contributed by atoms with Gasteiger partial charge >= 0.3 is 5.69 Å². The number of nitrogens with zero attached hydrogens (tertiary/aromatic N) is 2. The van der Waals surface area contributed by atoms with Gasteiger partial charge in [0, 0.05) is 23.9 Å². The van der Waals surface area contributed by atoms with Gasteiger partial charge in [-0.2, -0.15) is 0 Å². The van der Waals surface area contributed by atoms with E-state index < -0.39 is 41.7 Å². The zero-order valence-corrected chi connectivity index (χ0v) is 16.8. The van der Waals surface area contributed by atoms with Gasteiger partial charge in [-0.3, -0.25) is 19.1 Å². The van der Waals surface area contributed by atoms with Crippen LogP contribution in [0.2, 0.25) is 0 Å². The van der Waals surface area contributed by atoms with E-state index in [0.717, 1.165) is 22.4 Å². The summed E-state index contributed by atoms with van der Waals surface area (Å²) in [4.78, 5) is 37.7. The molecule has 2 aromatic heterocycles. The van der Waals surface area contributed by atoms with Crippen LogP contribution in [0, 0.1) is 0 Å². The molecule has 0 aliphatic carbocycles. The molecule has 4 rings (SSSR count). The average molecular weight is 444 g/mol. The number of aromatic nitrogens is 3. The first-order valence-corrected chi connectivity index (χ1v) is 9.58. The molecule has 0 saturated carbocycles. The first-order valence-electron chi connectivity index (χ1n) is 9.58. The van der Waals surface area contributed by atoms with Gasteiger partial charge in [0.05, 0.1) is 13.7 Å². The SMILES string of the molecule is COc1cccc(-c2cc(CNC(=O)[C@H]3O[C@@H](n4ccc(=O)[nH]c4=O)[C@H](O)[C@@H]3O)no2)c1. The van der Waals surface area contributed by atoms with Crippen molar-refractivity contribution in [2.45, 2.75) is 31.1 Å². The molecule has 32 heavy (non-hydrogen) atoms. The quantitative estimate of drug-likeness (QED) is 0.378. The maximum atomic E-state index is 12.5. The predicted octanol–water partition coefficient (Wildman–Crippen LogP) is -0.864. The third kappa shape index (κ3) is 4.19. The summed E-state index contributed by atoms with van der Waals surface area (Å²) in [6.45, 7) is -0.0295. The first kappa shape index (κ1) is 21.5. The zero-order chi connectivity index (χ0) is 22.8. The Morgan fingerprint density at radius 3 is 2.81 bits per heavy atom. The summed E-state index contributed by atoms with van der Waals surface area (Å²) < 4.78 is 16.8. The standard InChI is InChI=1S/C20H20N4O8/c1-30-12-4-2-3-10(7-12)13-8-11(23-32-13)9-21-18(28)17-15(26)16(27)19(31-17)24-6-5-14(25)22-20(24)29/h2-8,15-17,19,26-27H,9H2,1H3,(H,21,28)(H,22,25,29)/t15-,16+,17-,19+/m0/s1. The molecule has 3 heterocycles. The number of benzene rings is 1. The highest BCUT2D eigenvalue weighted by Crippen LogP contribution is 2.28. The molecule has 1 aromatic carbocycles. The number of methoxy groups -OCH3 is 1. The molecule has 3 aromatic rings. The number of aliphatic hydroxyl groups excluding tert-OH is 2. The number of carbonyl (C=O) groups excluding carboxylic acids is 1. The Kier molecular flexibility index (Phi) is 5.90. The van der Waals surface area contributed by atoms with Gasteiger partial charge in [-0.15, -0.1) is 0 Å². The monoisotopic (exact) mass is 444 g/mol. The third-order valence-corrected chi connectivity index (χ3v) is 4.98. The van der Waals surface area contributed by atoms with E-state index in [1.165, 1.54) is 0 Å². The van der Waals surface area contributed by atoms with Gasteiger partial charge in [0.15, 0.2) is 18.1 Å². The van der Waals surface area contributed by atoms with E-state index in [-0.39, 0.29) is 6.54 Å². The molecule has 4 atom stereocenters. The van der Waals surface area contributed by atoms with Crippen LogP contribution in [0.15, 0.2) is 56.7 Å². The van der Waals surface area contributed by atoms with E-state index in [4.69, 9.17) is 14.0 Å². The normalized spacial score (nSPS) is 22.6. The summed E-state index contributed by atoms with van der Waals surface area (Å²) in [7, 11) is 1.55. The second kappa shape index (κ2) is 8.78. The van der Waals surface area contributed by atoms with E-state index >= 15 is 0 Å². The Bertz CT molecular complexity index is 1230. The van der Waals surface area contributed by atoms with Crippen LogP contribution in [-0.4, -0.2) is 56.2 Å². The molecule has 1 saturated heterocycles. The van der Waals surface area contributed by atoms with E-state index in [9.17, 15) is 24.6 Å². The van der Waals surface area contributed by atoms with E-state index in [1.54, 1.807) is 31.4 Å². The lowest BCUT2D eigenvalue weighted by Crippen LogP contribution is -2.42.